The quantitative estimate of drug-likeness (QED) is 0.666. The van der Waals surface area contributed by atoms with Crippen LogP contribution in [0.3, 0.4) is 0 Å². The molecule has 4 heteroatoms. The van der Waals surface area contributed by atoms with Crippen LogP contribution in [0.15, 0.2) is 12.1 Å². The number of benzene rings is 1. The predicted octanol–water partition coefficient (Wildman–Crippen LogP) is 3.68. The molecule has 0 saturated heterocycles. The molecule has 0 aliphatic carbocycles. The van der Waals surface area contributed by atoms with Gasteiger partial charge >= 0.3 is 0 Å². The highest BCUT2D eigenvalue weighted by Gasteiger charge is 2.12. The number of hydrogen-bond acceptors (Lipinski definition) is 3. The molecule has 0 aliphatic rings. The average Bonchev–Trinajstić information content (AvgIpc) is 2.45. The number of nitrogens with two attached hydrogens (primary N) is 1. The van der Waals surface area contributed by atoms with E-state index >= 15 is 0 Å². The molecule has 0 fully saturated rings. The third-order valence-corrected chi connectivity index (χ3v) is 2.94. The summed E-state index contributed by atoms with van der Waals surface area (Å²) in [7, 11) is 0. The number of unbranched alkanes of at least 4 members (excludes halogenated alkanes) is 1. The highest BCUT2D eigenvalue weighted by Crippen LogP contribution is 2.31. The fourth-order valence-electron chi connectivity index (χ4n) is 1.88. The van der Waals surface area contributed by atoms with Gasteiger partial charge in [-0.1, -0.05) is 13.8 Å². The van der Waals surface area contributed by atoms with Gasteiger partial charge in [-0.25, -0.2) is 4.39 Å². The molecule has 0 spiro atoms. The highest BCUT2D eigenvalue weighted by molar-refractivity contribution is 5.44. The third kappa shape index (κ3) is 5.37. The molecule has 0 unspecified atom stereocenters. The standard InChI is InChI=1S/C16H26FNO2/c1-3-9-19-15-11-13(7-5-6-8-18)14(17)12-16(15)20-10-4-2/h11-12H,3-10,18H2,1-2H3. The number of ether oxygens (including phenoxy) is 2. The Morgan fingerprint density at radius 1 is 1.00 bits per heavy atom. The van der Waals surface area contributed by atoms with Crippen molar-refractivity contribution in [3.05, 3.63) is 23.5 Å². The largest absolute Gasteiger partial charge is 0.490 e. The summed E-state index contributed by atoms with van der Waals surface area (Å²) in [5.41, 5.74) is 6.14. The van der Waals surface area contributed by atoms with Crippen LogP contribution in [0.4, 0.5) is 4.39 Å². The second-order valence-corrected chi connectivity index (χ2v) is 4.83. The van der Waals surface area contributed by atoms with Gasteiger partial charge in [-0.3, -0.25) is 0 Å². The summed E-state index contributed by atoms with van der Waals surface area (Å²) in [5, 5.41) is 0. The molecule has 0 heterocycles. The van der Waals surface area contributed by atoms with Gasteiger partial charge in [0, 0.05) is 6.07 Å². The molecule has 0 aliphatic heterocycles. The maximum atomic E-state index is 14.0. The van der Waals surface area contributed by atoms with Crippen LogP contribution in [0.5, 0.6) is 11.5 Å². The molecule has 0 radical (unpaired) electrons. The monoisotopic (exact) mass is 283 g/mol. The molecule has 1 rings (SSSR count). The molecular formula is C16H26FNO2. The van der Waals surface area contributed by atoms with Crippen molar-refractivity contribution >= 4 is 0 Å². The van der Waals surface area contributed by atoms with Crippen LogP contribution in [0.1, 0.15) is 45.1 Å². The summed E-state index contributed by atoms with van der Waals surface area (Å²) >= 11 is 0. The van der Waals surface area contributed by atoms with Gasteiger partial charge in [-0.05, 0) is 50.3 Å². The smallest absolute Gasteiger partial charge is 0.164 e. The first-order valence-electron chi connectivity index (χ1n) is 7.51. The molecule has 114 valence electrons. The van der Waals surface area contributed by atoms with Gasteiger partial charge in [0.05, 0.1) is 13.2 Å². The first-order chi connectivity index (χ1) is 9.72. The Labute approximate surface area is 121 Å². The Kier molecular flexibility index (Phi) is 8.04. The van der Waals surface area contributed by atoms with E-state index in [1.165, 1.54) is 6.07 Å². The average molecular weight is 283 g/mol. The van der Waals surface area contributed by atoms with E-state index in [9.17, 15) is 4.39 Å². The Morgan fingerprint density at radius 3 is 2.15 bits per heavy atom. The molecule has 1 aromatic carbocycles. The summed E-state index contributed by atoms with van der Waals surface area (Å²) < 4.78 is 25.3. The van der Waals surface area contributed by atoms with Gasteiger partial charge < -0.3 is 15.2 Å². The van der Waals surface area contributed by atoms with E-state index < -0.39 is 0 Å². The molecule has 2 N–H and O–H groups in total. The fraction of sp³-hybridized carbons (Fsp3) is 0.625. The number of hydrogen-bond donors (Lipinski definition) is 1. The lowest BCUT2D eigenvalue weighted by atomic mass is 10.1. The zero-order valence-electron chi connectivity index (χ0n) is 12.6. The number of halogens is 1. The summed E-state index contributed by atoms with van der Waals surface area (Å²) in [6.45, 7) is 5.87. The summed E-state index contributed by atoms with van der Waals surface area (Å²) in [5.74, 6) is 0.918. The maximum Gasteiger partial charge on any atom is 0.164 e. The Bertz CT molecular complexity index is 396. The number of aryl methyl sites for hydroxylation is 1. The summed E-state index contributed by atoms with van der Waals surface area (Å²) in [6.07, 6.45) is 4.26. The van der Waals surface area contributed by atoms with Gasteiger partial charge in [0.2, 0.25) is 0 Å². The first kappa shape index (κ1) is 16.8. The summed E-state index contributed by atoms with van der Waals surface area (Å²) in [4.78, 5) is 0. The Balaban J connectivity index is 2.85. The normalized spacial score (nSPS) is 10.6. The molecule has 0 atom stereocenters. The van der Waals surface area contributed by atoms with E-state index in [4.69, 9.17) is 15.2 Å². The second kappa shape index (κ2) is 9.59. The van der Waals surface area contributed by atoms with Crippen LogP contribution in [-0.4, -0.2) is 19.8 Å². The topological polar surface area (TPSA) is 44.5 Å². The van der Waals surface area contributed by atoms with Crippen molar-refractivity contribution in [2.24, 2.45) is 5.73 Å². The van der Waals surface area contributed by atoms with Crippen LogP contribution in [-0.2, 0) is 6.42 Å². The zero-order chi connectivity index (χ0) is 14.8. The Hall–Kier alpha value is -1.29. The van der Waals surface area contributed by atoms with Gasteiger partial charge in [-0.15, -0.1) is 0 Å². The van der Waals surface area contributed by atoms with Crippen LogP contribution in [0, 0.1) is 5.82 Å². The van der Waals surface area contributed by atoms with Crippen molar-refractivity contribution in [1.29, 1.82) is 0 Å². The van der Waals surface area contributed by atoms with Crippen LogP contribution < -0.4 is 15.2 Å². The molecular weight excluding hydrogens is 257 g/mol. The van der Waals surface area contributed by atoms with Crippen LogP contribution >= 0.6 is 0 Å². The fourth-order valence-corrected chi connectivity index (χ4v) is 1.88. The second-order valence-electron chi connectivity index (χ2n) is 4.83. The van der Waals surface area contributed by atoms with Gasteiger partial charge in [0.1, 0.15) is 5.82 Å². The van der Waals surface area contributed by atoms with E-state index in [-0.39, 0.29) is 5.82 Å². The highest BCUT2D eigenvalue weighted by atomic mass is 19.1. The van der Waals surface area contributed by atoms with Gasteiger partial charge in [-0.2, -0.15) is 0 Å². The van der Waals surface area contributed by atoms with E-state index in [2.05, 4.69) is 0 Å². The molecule has 0 aromatic heterocycles. The third-order valence-electron chi connectivity index (χ3n) is 2.94. The Morgan fingerprint density at radius 2 is 1.60 bits per heavy atom. The van der Waals surface area contributed by atoms with Crippen LogP contribution in [0.2, 0.25) is 0 Å². The predicted molar refractivity (Wildman–Crippen MR) is 80.0 cm³/mol. The summed E-state index contributed by atoms with van der Waals surface area (Å²) in [6, 6.07) is 3.21. The van der Waals surface area contributed by atoms with Crippen molar-refractivity contribution in [3.63, 3.8) is 0 Å². The number of rotatable bonds is 10. The van der Waals surface area contributed by atoms with Gasteiger partial charge in [0.15, 0.2) is 11.5 Å². The minimum atomic E-state index is -0.225. The van der Waals surface area contributed by atoms with E-state index in [1.54, 1.807) is 6.07 Å². The molecule has 3 nitrogen and oxygen atoms in total. The lowest BCUT2D eigenvalue weighted by Crippen LogP contribution is -2.04. The molecule has 0 bridgehead atoms. The van der Waals surface area contributed by atoms with Crippen molar-refractivity contribution in [3.8, 4) is 11.5 Å². The van der Waals surface area contributed by atoms with Crippen molar-refractivity contribution < 1.29 is 13.9 Å². The van der Waals surface area contributed by atoms with Gasteiger partial charge in [0.25, 0.3) is 0 Å². The minimum absolute atomic E-state index is 0.225. The zero-order valence-corrected chi connectivity index (χ0v) is 12.6. The van der Waals surface area contributed by atoms with E-state index in [1.807, 2.05) is 13.8 Å². The van der Waals surface area contributed by atoms with Crippen LogP contribution in [0.25, 0.3) is 0 Å². The first-order valence-corrected chi connectivity index (χ1v) is 7.51. The van der Waals surface area contributed by atoms with Crippen molar-refractivity contribution in [2.75, 3.05) is 19.8 Å². The van der Waals surface area contributed by atoms with Crippen molar-refractivity contribution in [1.82, 2.24) is 0 Å². The molecule has 20 heavy (non-hydrogen) atoms. The SMILES string of the molecule is CCCOc1cc(F)c(CCCCN)cc1OCCC. The maximum absolute atomic E-state index is 14.0. The lowest BCUT2D eigenvalue weighted by molar-refractivity contribution is 0.266. The molecule has 0 amide bonds. The molecule has 1 aromatic rings. The van der Waals surface area contributed by atoms with Crippen molar-refractivity contribution in [2.45, 2.75) is 46.0 Å². The lowest BCUT2D eigenvalue weighted by Gasteiger charge is -2.14. The minimum Gasteiger partial charge on any atom is -0.490 e. The molecule has 0 saturated carbocycles. The van der Waals surface area contributed by atoms with E-state index in [0.717, 1.165) is 25.7 Å². The van der Waals surface area contributed by atoms with E-state index in [0.29, 0.717) is 43.2 Å².